The van der Waals surface area contributed by atoms with Crippen molar-refractivity contribution < 1.29 is 13.9 Å². The fourth-order valence-corrected chi connectivity index (χ4v) is 2.75. The van der Waals surface area contributed by atoms with Crippen LogP contribution < -0.4 is 10.1 Å². The van der Waals surface area contributed by atoms with Gasteiger partial charge in [0.05, 0.1) is 11.6 Å². The number of hydrogen-bond acceptors (Lipinski definition) is 7. The molecule has 0 bridgehead atoms. The normalized spacial score (nSPS) is 10.8. The van der Waals surface area contributed by atoms with Crippen LogP contribution in [0.3, 0.4) is 0 Å². The Hall–Kier alpha value is -3.45. The van der Waals surface area contributed by atoms with Gasteiger partial charge in [-0.15, -0.1) is 10.2 Å². The van der Waals surface area contributed by atoms with Crippen molar-refractivity contribution in [1.29, 1.82) is 0 Å². The molecule has 0 spiro atoms. The van der Waals surface area contributed by atoms with Crippen molar-refractivity contribution in [2.45, 2.75) is 13.5 Å². The molecular weight excluding hydrogens is 380 g/mol. The van der Waals surface area contributed by atoms with Crippen LogP contribution >= 0.6 is 11.6 Å². The third-order valence-electron chi connectivity index (χ3n) is 4.02. The summed E-state index contributed by atoms with van der Waals surface area (Å²) >= 11 is 5.92. The van der Waals surface area contributed by atoms with Crippen LogP contribution in [0, 0.1) is 0 Å². The number of rotatable bonds is 6. The lowest BCUT2D eigenvalue weighted by Gasteiger charge is -2.09. The lowest BCUT2D eigenvalue weighted by molar-refractivity contribution is 0.101. The van der Waals surface area contributed by atoms with E-state index in [0.29, 0.717) is 22.1 Å². The van der Waals surface area contributed by atoms with E-state index in [-0.39, 0.29) is 18.3 Å². The number of ketones is 1. The van der Waals surface area contributed by atoms with Crippen LogP contribution in [0.4, 0.5) is 11.5 Å². The molecule has 4 rings (SSSR count). The Bertz CT molecular complexity index is 1140. The summed E-state index contributed by atoms with van der Waals surface area (Å²) in [7, 11) is 0. The van der Waals surface area contributed by atoms with Gasteiger partial charge in [-0.2, -0.15) is 0 Å². The van der Waals surface area contributed by atoms with Gasteiger partial charge in [0.25, 0.3) is 5.88 Å². The van der Waals surface area contributed by atoms with E-state index in [4.69, 9.17) is 20.8 Å². The van der Waals surface area contributed by atoms with Crippen molar-refractivity contribution in [2.75, 3.05) is 5.32 Å². The zero-order valence-electron chi connectivity index (χ0n) is 14.8. The molecule has 0 aliphatic carbocycles. The first-order chi connectivity index (χ1) is 13.6. The number of carbonyl (C=O) groups excluding carboxylic acids is 1. The second kappa shape index (κ2) is 7.66. The molecule has 0 aliphatic heterocycles. The average Bonchev–Trinajstić information content (AvgIpc) is 3.20. The molecule has 4 aromatic rings. The monoisotopic (exact) mass is 394 g/mol. The van der Waals surface area contributed by atoms with Crippen molar-refractivity contribution in [3.63, 3.8) is 0 Å². The molecule has 0 unspecified atom stereocenters. The molecule has 0 saturated carbocycles. The maximum absolute atomic E-state index is 11.5. The highest BCUT2D eigenvalue weighted by molar-refractivity contribution is 6.30. The summed E-state index contributed by atoms with van der Waals surface area (Å²) in [6, 6.07) is 12.5. The van der Waals surface area contributed by atoms with Crippen LogP contribution in [-0.4, -0.2) is 21.0 Å². The molecule has 1 aromatic carbocycles. The van der Waals surface area contributed by atoms with Gasteiger partial charge in [-0.3, -0.25) is 9.78 Å². The number of nitrogens with one attached hydrogen (secondary N) is 1. The van der Waals surface area contributed by atoms with E-state index in [1.165, 1.54) is 6.92 Å². The number of benzene rings is 1. The molecule has 0 saturated heterocycles. The standard InChI is InChI=1S/C20H15ClN4O3/c1-12(26)17-10-13(6-8-22-17)11-28-20-18-16(7-9-27-18)19(24-25-20)23-15-4-2-14(21)3-5-15/h2-10H,11H2,1H3,(H,23,24). The highest BCUT2D eigenvalue weighted by Crippen LogP contribution is 2.31. The topological polar surface area (TPSA) is 90.1 Å². The van der Waals surface area contributed by atoms with Gasteiger partial charge in [0, 0.05) is 23.8 Å². The largest absolute Gasteiger partial charge is 0.469 e. The maximum atomic E-state index is 11.5. The van der Waals surface area contributed by atoms with Gasteiger partial charge in [0.15, 0.2) is 11.6 Å². The first-order valence-corrected chi connectivity index (χ1v) is 8.83. The molecule has 8 heteroatoms. The molecule has 0 aliphatic rings. The molecule has 0 radical (unpaired) electrons. The third-order valence-corrected chi connectivity index (χ3v) is 4.27. The Morgan fingerprint density at radius 1 is 1.18 bits per heavy atom. The van der Waals surface area contributed by atoms with Gasteiger partial charge < -0.3 is 14.5 Å². The summed E-state index contributed by atoms with van der Waals surface area (Å²) in [4.78, 5) is 15.5. The summed E-state index contributed by atoms with van der Waals surface area (Å²) in [5, 5.41) is 12.9. The van der Waals surface area contributed by atoms with Gasteiger partial charge in [0.1, 0.15) is 12.3 Å². The van der Waals surface area contributed by atoms with E-state index in [1.54, 1.807) is 42.8 Å². The Balaban J connectivity index is 1.56. The number of aromatic nitrogens is 3. The highest BCUT2D eigenvalue weighted by atomic mass is 35.5. The third kappa shape index (κ3) is 3.79. The van der Waals surface area contributed by atoms with E-state index >= 15 is 0 Å². The second-order valence-electron chi connectivity index (χ2n) is 6.04. The molecule has 0 atom stereocenters. The lowest BCUT2D eigenvalue weighted by atomic mass is 10.2. The number of Topliss-reactive ketones (excluding diaryl/α,β-unsaturated/α-hetero) is 1. The Kier molecular flexibility index (Phi) is 4.90. The number of pyridine rings is 1. The second-order valence-corrected chi connectivity index (χ2v) is 6.48. The zero-order valence-corrected chi connectivity index (χ0v) is 15.6. The van der Waals surface area contributed by atoms with Crippen LogP contribution in [0.15, 0.2) is 59.3 Å². The summed E-state index contributed by atoms with van der Waals surface area (Å²) < 4.78 is 11.3. The molecule has 1 N–H and O–H groups in total. The van der Waals surface area contributed by atoms with Gasteiger partial charge in [-0.25, -0.2) is 0 Å². The van der Waals surface area contributed by atoms with Crippen molar-refractivity contribution in [1.82, 2.24) is 15.2 Å². The minimum atomic E-state index is -0.104. The number of hydrogen-bond donors (Lipinski definition) is 1. The fraction of sp³-hybridized carbons (Fsp3) is 0.100. The summed E-state index contributed by atoms with van der Waals surface area (Å²) in [6.07, 6.45) is 3.12. The fourth-order valence-electron chi connectivity index (χ4n) is 2.62. The molecule has 28 heavy (non-hydrogen) atoms. The van der Waals surface area contributed by atoms with E-state index in [9.17, 15) is 4.79 Å². The number of nitrogens with zero attached hydrogens (tertiary/aromatic N) is 3. The Morgan fingerprint density at radius 3 is 2.79 bits per heavy atom. The smallest absolute Gasteiger partial charge is 0.278 e. The van der Waals surface area contributed by atoms with E-state index in [2.05, 4.69) is 20.5 Å². The van der Waals surface area contributed by atoms with Crippen LogP contribution in [0.5, 0.6) is 5.88 Å². The van der Waals surface area contributed by atoms with Crippen molar-refractivity contribution in [3.05, 3.63) is 71.2 Å². The minimum Gasteiger partial charge on any atom is -0.469 e. The number of furan rings is 1. The van der Waals surface area contributed by atoms with Crippen LogP contribution in [0.25, 0.3) is 11.0 Å². The quantitative estimate of drug-likeness (QED) is 0.470. The molecular formula is C20H15ClN4O3. The summed E-state index contributed by atoms with van der Waals surface area (Å²) in [6.45, 7) is 1.68. The molecule has 3 heterocycles. The van der Waals surface area contributed by atoms with Crippen LogP contribution in [-0.2, 0) is 6.61 Å². The van der Waals surface area contributed by atoms with Crippen LogP contribution in [0.2, 0.25) is 5.02 Å². The predicted octanol–water partition coefficient (Wildman–Crippen LogP) is 4.80. The van der Waals surface area contributed by atoms with Gasteiger partial charge in [0.2, 0.25) is 5.58 Å². The number of fused-ring (bicyclic) bond motifs is 1. The minimum absolute atomic E-state index is 0.104. The maximum Gasteiger partial charge on any atom is 0.278 e. The van der Waals surface area contributed by atoms with Crippen molar-refractivity contribution in [3.8, 4) is 5.88 Å². The highest BCUT2D eigenvalue weighted by Gasteiger charge is 2.14. The van der Waals surface area contributed by atoms with Crippen molar-refractivity contribution >= 4 is 39.9 Å². The molecule has 0 amide bonds. The average molecular weight is 395 g/mol. The molecule has 140 valence electrons. The number of ether oxygens (including phenoxy) is 1. The number of anilines is 2. The van der Waals surface area contributed by atoms with E-state index in [1.807, 2.05) is 12.1 Å². The predicted molar refractivity (Wildman–Crippen MR) is 105 cm³/mol. The first kappa shape index (κ1) is 17.9. The lowest BCUT2D eigenvalue weighted by Crippen LogP contribution is -2.03. The van der Waals surface area contributed by atoms with Gasteiger partial charge in [-0.1, -0.05) is 11.6 Å². The van der Waals surface area contributed by atoms with E-state index in [0.717, 1.165) is 16.6 Å². The SMILES string of the molecule is CC(=O)c1cc(COc2nnc(Nc3ccc(Cl)cc3)c3ccoc23)ccn1. The first-order valence-electron chi connectivity index (χ1n) is 8.45. The molecule has 7 nitrogen and oxygen atoms in total. The number of halogens is 1. The Labute approximate surface area is 165 Å². The number of carbonyl (C=O) groups is 1. The van der Waals surface area contributed by atoms with Crippen molar-refractivity contribution in [2.24, 2.45) is 0 Å². The van der Waals surface area contributed by atoms with Crippen LogP contribution in [0.1, 0.15) is 23.0 Å². The van der Waals surface area contributed by atoms with Gasteiger partial charge >= 0.3 is 0 Å². The Morgan fingerprint density at radius 2 is 2.00 bits per heavy atom. The molecule has 0 fully saturated rings. The van der Waals surface area contributed by atoms with Gasteiger partial charge in [-0.05, 0) is 48.0 Å². The molecule has 3 aromatic heterocycles. The summed E-state index contributed by atoms with van der Waals surface area (Å²) in [5.41, 5.74) is 2.48. The van der Waals surface area contributed by atoms with E-state index < -0.39 is 0 Å². The zero-order chi connectivity index (χ0) is 19.5. The summed E-state index contributed by atoms with van der Waals surface area (Å²) in [5.74, 6) is 0.705.